The van der Waals surface area contributed by atoms with Gasteiger partial charge in [-0.1, -0.05) is 133 Å². The molecule has 0 N–H and O–H groups in total. The third kappa shape index (κ3) is 4.70. The number of rotatable bonds is 4. The van der Waals surface area contributed by atoms with Gasteiger partial charge < -0.3 is 9.13 Å². The lowest BCUT2D eigenvalue weighted by molar-refractivity contribution is 1.18. The van der Waals surface area contributed by atoms with Gasteiger partial charge in [0.2, 0.25) is 0 Å². The van der Waals surface area contributed by atoms with Crippen LogP contribution in [0.25, 0.3) is 55.0 Å². The molecule has 3 heterocycles. The second-order valence-electron chi connectivity index (χ2n) is 13.8. The van der Waals surface area contributed by atoms with Gasteiger partial charge in [0.15, 0.2) is 0 Å². The van der Waals surface area contributed by atoms with Crippen LogP contribution >= 0.6 is 0 Å². The summed E-state index contributed by atoms with van der Waals surface area (Å²) in [5.41, 5.74) is 14.6. The highest BCUT2D eigenvalue weighted by molar-refractivity contribution is 6.22. The molecule has 0 atom stereocenters. The van der Waals surface area contributed by atoms with E-state index >= 15 is 0 Å². The molecule has 1 aliphatic heterocycles. The standard InChI is InChI=1S/C50H32N4/c1-7-19-43-41(17-1)49(33-25-29-35(30-26-33)53-45-21-9-3-13-37(45)38-14-4-10-22-46(38)53)52-44-20-8-2-18-42(44)50(51-43)34-27-31-36(32-28-34)54-47-23-11-5-15-39(47)40-16-6-12-24-48(40)54/h1-32H. The van der Waals surface area contributed by atoms with Crippen LogP contribution < -0.4 is 0 Å². The van der Waals surface area contributed by atoms with E-state index < -0.39 is 0 Å². The number of hydrogen-bond donors (Lipinski definition) is 0. The van der Waals surface area contributed by atoms with Gasteiger partial charge in [-0.25, -0.2) is 9.98 Å². The van der Waals surface area contributed by atoms with Crippen molar-refractivity contribution < 1.29 is 0 Å². The monoisotopic (exact) mass is 688 g/mol. The van der Waals surface area contributed by atoms with Crippen LogP contribution in [0.3, 0.4) is 0 Å². The maximum atomic E-state index is 5.43. The third-order valence-electron chi connectivity index (χ3n) is 10.7. The molecule has 1 aliphatic rings. The predicted molar refractivity (Wildman–Crippen MR) is 225 cm³/mol. The van der Waals surface area contributed by atoms with Gasteiger partial charge in [-0.2, -0.15) is 0 Å². The molecule has 0 unspecified atom stereocenters. The van der Waals surface area contributed by atoms with E-state index in [4.69, 9.17) is 9.98 Å². The third-order valence-corrected chi connectivity index (χ3v) is 10.7. The Bertz CT molecular complexity index is 2820. The zero-order valence-corrected chi connectivity index (χ0v) is 29.3. The van der Waals surface area contributed by atoms with E-state index in [1.807, 2.05) is 0 Å². The fourth-order valence-corrected chi connectivity index (χ4v) is 8.28. The summed E-state index contributed by atoms with van der Waals surface area (Å²) in [6.45, 7) is 0. The minimum absolute atomic E-state index is 0.888. The SMILES string of the molecule is c1ccc2c(c1)N=C(c1ccc(-n3c4ccccc4c4ccccc43)cc1)c1ccccc1N=C2c1ccc(-n2c3ccccc3c3ccccc32)cc1. The summed E-state index contributed by atoms with van der Waals surface area (Å²) in [4.78, 5) is 10.9. The maximum absolute atomic E-state index is 5.43. The fraction of sp³-hybridized carbons (Fsp3) is 0. The molecule has 0 saturated carbocycles. The van der Waals surface area contributed by atoms with Crippen LogP contribution in [0.2, 0.25) is 0 Å². The molecule has 54 heavy (non-hydrogen) atoms. The van der Waals surface area contributed by atoms with Crippen LogP contribution in [0, 0.1) is 0 Å². The Hall–Kier alpha value is -7.30. The number of aromatic nitrogens is 2. The Morgan fingerprint density at radius 3 is 0.926 bits per heavy atom. The summed E-state index contributed by atoms with van der Waals surface area (Å²) in [5.74, 6) is 0. The Morgan fingerprint density at radius 1 is 0.278 bits per heavy atom. The van der Waals surface area contributed by atoms with Crippen molar-refractivity contribution in [1.29, 1.82) is 0 Å². The van der Waals surface area contributed by atoms with Crippen LogP contribution in [0.5, 0.6) is 0 Å². The second-order valence-corrected chi connectivity index (χ2v) is 13.8. The van der Waals surface area contributed by atoms with Gasteiger partial charge in [0, 0.05) is 55.2 Å². The minimum atomic E-state index is 0.888. The Morgan fingerprint density at radius 2 is 0.574 bits per heavy atom. The highest BCUT2D eigenvalue weighted by Crippen LogP contribution is 2.36. The molecule has 8 aromatic carbocycles. The number of benzene rings is 8. The van der Waals surface area contributed by atoms with Gasteiger partial charge in [0.1, 0.15) is 0 Å². The van der Waals surface area contributed by atoms with Gasteiger partial charge in [-0.15, -0.1) is 0 Å². The summed E-state index contributed by atoms with van der Waals surface area (Å²) < 4.78 is 4.70. The van der Waals surface area contributed by atoms with Crippen molar-refractivity contribution in [2.45, 2.75) is 0 Å². The number of hydrogen-bond acceptors (Lipinski definition) is 2. The summed E-state index contributed by atoms with van der Waals surface area (Å²) in [6.07, 6.45) is 0. The first-order chi connectivity index (χ1) is 26.8. The zero-order valence-electron chi connectivity index (χ0n) is 29.3. The molecule has 4 heteroatoms. The summed E-state index contributed by atoms with van der Waals surface area (Å²) in [5, 5.41) is 5.01. The molecule has 0 spiro atoms. The lowest BCUT2D eigenvalue weighted by atomic mass is 9.95. The topological polar surface area (TPSA) is 34.6 Å². The summed E-state index contributed by atoms with van der Waals surface area (Å²) in [7, 11) is 0. The molecule has 10 aromatic rings. The number of fused-ring (bicyclic) bond motifs is 8. The molecule has 0 fully saturated rings. The largest absolute Gasteiger partial charge is 0.309 e. The van der Waals surface area contributed by atoms with E-state index in [1.165, 1.54) is 43.6 Å². The Kier molecular flexibility index (Phi) is 6.82. The normalized spacial score (nSPS) is 12.7. The van der Waals surface area contributed by atoms with Gasteiger partial charge in [0.05, 0.1) is 44.9 Å². The molecular formula is C50H32N4. The van der Waals surface area contributed by atoms with Crippen molar-refractivity contribution >= 4 is 66.4 Å². The molecule has 0 aliphatic carbocycles. The maximum Gasteiger partial charge on any atom is 0.0803 e. The molecule has 0 radical (unpaired) electrons. The van der Waals surface area contributed by atoms with Gasteiger partial charge in [0.25, 0.3) is 0 Å². The molecular weight excluding hydrogens is 657 g/mol. The molecule has 11 rings (SSSR count). The Labute approximate surface area is 312 Å². The molecule has 0 bridgehead atoms. The second kappa shape index (κ2) is 12.1. The number of para-hydroxylation sites is 6. The average molecular weight is 689 g/mol. The van der Waals surface area contributed by atoms with Crippen molar-refractivity contribution in [3.8, 4) is 11.4 Å². The van der Waals surface area contributed by atoms with E-state index in [0.717, 1.165) is 56.4 Å². The van der Waals surface area contributed by atoms with Gasteiger partial charge >= 0.3 is 0 Å². The average Bonchev–Trinajstić information content (AvgIpc) is 3.75. The summed E-state index contributed by atoms with van der Waals surface area (Å²) in [6, 6.07) is 68.8. The molecule has 0 amide bonds. The highest BCUT2D eigenvalue weighted by atomic mass is 15.0. The van der Waals surface area contributed by atoms with Crippen molar-refractivity contribution in [1.82, 2.24) is 9.13 Å². The Balaban J connectivity index is 1.02. The predicted octanol–water partition coefficient (Wildman–Crippen LogP) is 12.5. The smallest absolute Gasteiger partial charge is 0.0803 e. The van der Waals surface area contributed by atoms with Crippen LogP contribution in [-0.4, -0.2) is 20.6 Å². The molecule has 0 saturated heterocycles. The first-order valence-corrected chi connectivity index (χ1v) is 18.3. The quantitative estimate of drug-likeness (QED) is 0.176. The van der Waals surface area contributed by atoms with E-state index in [-0.39, 0.29) is 0 Å². The van der Waals surface area contributed by atoms with E-state index in [2.05, 4.69) is 203 Å². The van der Waals surface area contributed by atoms with Crippen LogP contribution in [0.4, 0.5) is 11.4 Å². The minimum Gasteiger partial charge on any atom is -0.309 e. The number of aliphatic imine (C=N–C) groups is 2. The van der Waals surface area contributed by atoms with E-state index in [9.17, 15) is 0 Å². The molecule has 2 aromatic heterocycles. The first-order valence-electron chi connectivity index (χ1n) is 18.3. The lowest BCUT2D eigenvalue weighted by Gasteiger charge is -2.18. The zero-order chi connectivity index (χ0) is 35.6. The van der Waals surface area contributed by atoms with Crippen LogP contribution in [0.15, 0.2) is 204 Å². The summed E-state index contributed by atoms with van der Waals surface area (Å²) >= 11 is 0. The molecule has 252 valence electrons. The van der Waals surface area contributed by atoms with Crippen molar-refractivity contribution in [2.75, 3.05) is 0 Å². The number of nitrogens with zero attached hydrogens (tertiary/aromatic N) is 4. The first kappa shape index (κ1) is 30.3. The van der Waals surface area contributed by atoms with Crippen molar-refractivity contribution in [3.05, 3.63) is 216 Å². The van der Waals surface area contributed by atoms with E-state index in [0.29, 0.717) is 0 Å². The van der Waals surface area contributed by atoms with Crippen LogP contribution in [-0.2, 0) is 0 Å². The highest BCUT2D eigenvalue weighted by Gasteiger charge is 2.21. The van der Waals surface area contributed by atoms with E-state index in [1.54, 1.807) is 0 Å². The molecule has 4 nitrogen and oxygen atoms in total. The van der Waals surface area contributed by atoms with Crippen molar-refractivity contribution in [2.24, 2.45) is 9.98 Å². The van der Waals surface area contributed by atoms with Crippen molar-refractivity contribution in [3.63, 3.8) is 0 Å². The van der Waals surface area contributed by atoms with Crippen LogP contribution in [0.1, 0.15) is 22.3 Å². The fourth-order valence-electron chi connectivity index (χ4n) is 8.28. The lowest BCUT2D eigenvalue weighted by Crippen LogP contribution is -2.10. The van der Waals surface area contributed by atoms with Gasteiger partial charge in [-0.05, 0) is 60.7 Å². The van der Waals surface area contributed by atoms with Gasteiger partial charge in [-0.3, -0.25) is 0 Å².